The molecule has 2 rings (SSSR count). The van der Waals surface area contributed by atoms with Gasteiger partial charge in [-0.25, -0.2) is 0 Å². The van der Waals surface area contributed by atoms with Crippen molar-refractivity contribution < 1.29 is 19.0 Å². The first kappa shape index (κ1) is 17.7. The van der Waals surface area contributed by atoms with Crippen molar-refractivity contribution in [3.05, 3.63) is 48.0 Å². The van der Waals surface area contributed by atoms with E-state index in [9.17, 15) is 4.79 Å². The number of ether oxygens (including phenoxy) is 3. The molecule has 5 heteroatoms. The van der Waals surface area contributed by atoms with Crippen molar-refractivity contribution >= 4 is 11.6 Å². The summed E-state index contributed by atoms with van der Waals surface area (Å²) < 4.78 is 16.3. The highest BCUT2D eigenvalue weighted by Gasteiger charge is 2.10. The fourth-order valence-electron chi connectivity index (χ4n) is 2.30. The SMILES string of the molecule is CCOc1ccc(CC(=O)Nc2cccc(OC)c2)cc1OCC. The van der Waals surface area contributed by atoms with Gasteiger partial charge in [0.05, 0.1) is 26.7 Å². The molecule has 5 nitrogen and oxygen atoms in total. The first-order chi connectivity index (χ1) is 11.7. The number of anilines is 1. The van der Waals surface area contributed by atoms with Gasteiger partial charge in [-0.3, -0.25) is 4.79 Å². The molecule has 0 aliphatic heterocycles. The Morgan fingerprint density at radius 1 is 1.00 bits per heavy atom. The standard InChI is InChI=1S/C19H23NO4/c1-4-23-17-10-9-14(11-18(17)24-5-2)12-19(21)20-15-7-6-8-16(13-15)22-3/h6-11,13H,4-5,12H2,1-3H3,(H,20,21). The Labute approximate surface area is 142 Å². The van der Waals surface area contributed by atoms with Gasteiger partial charge in [0.25, 0.3) is 0 Å². The molecular formula is C19H23NO4. The second-order valence-electron chi connectivity index (χ2n) is 5.10. The molecule has 0 saturated heterocycles. The number of carbonyl (C=O) groups is 1. The highest BCUT2D eigenvalue weighted by Crippen LogP contribution is 2.29. The zero-order chi connectivity index (χ0) is 17.4. The molecule has 0 atom stereocenters. The zero-order valence-electron chi connectivity index (χ0n) is 14.3. The average molecular weight is 329 g/mol. The van der Waals surface area contributed by atoms with E-state index in [2.05, 4.69) is 5.32 Å². The fourth-order valence-corrected chi connectivity index (χ4v) is 2.30. The third kappa shape index (κ3) is 4.91. The van der Waals surface area contributed by atoms with Crippen molar-refractivity contribution in [3.8, 4) is 17.2 Å². The van der Waals surface area contributed by atoms with Gasteiger partial charge >= 0.3 is 0 Å². The fraction of sp³-hybridized carbons (Fsp3) is 0.316. The van der Waals surface area contributed by atoms with Crippen molar-refractivity contribution in [2.45, 2.75) is 20.3 Å². The third-order valence-electron chi connectivity index (χ3n) is 3.33. The summed E-state index contributed by atoms with van der Waals surface area (Å²) in [5.41, 5.74) is 1.57. The summed E-state index contributed by atoms with van der Waals surface area (Å²) in [6.07, 6.45) is 0.254. The molecule has 128 valence electrons. The highest BCUT2D eigenvalue weighted by molar-refractivity contribution is 5.92. The van der Waals surface area contributed by atoms with Crippen LogP contribution in [0, 0.1) is 0 Å². The lowest BCUT2D eigenvalue weighted by molar-refractivity contribution is -0.115. The number of hydrogen-bond donors (Lipinski definition) is 1. The summed E-state index contributed by atoms with van der Waals surface area (Å²) in [5.74, 6) is 1.95. The number of carbonyl (C=O) groups excluding carboxylic acids is 1. The molecule has 0 unspecified atom stereocenters. The summed E-state index contributed by atoms with van der Waals surface area (Å²) in [5, 5.41) is 2.87. The van der Waals surface area contributed by atoms with Crippen LogP contribution in [0.3, 0.4) is 0 Å². The van der Waals surface area contributed by atoms with Gasteiger partial charge in [-0.05, 0) is 43.7 Å². The number of rotatable bonds is 8. The molecule has 1 amide bonds. The number of nitrogens with one attached hydrogen (secondary N) is 1. The van der Waals surface area contributed by atoms with Gasteiger partial charge in [0.15, 0.2) is 11.5 Å². The lowest BCUT2D eigenvalue weighted by Crippen LogP contribution is -2.14. The largest absolute Gasteiger partial charge is 0.497 e. The molecule has 24 heavy (non-hydrogen) atoms. The van der Waals surface area contributed by atoms with E-state index in [1.807, 2.05) is 50.2 Å². The van der Waals surface area contributed by atoms with Crippen LogP contribution in [0.5, 0.6) is 17.2 Å². The smallest absolute Gasteiger partial charge is 0.228 e. The van der Waals surface area contributed by atoms with Gasteiger partial charge in [0.1, 0.15) is 5.75 Å². The summed E-state index contributed by atoms with van der Waals surface area (Å²) in [6.45, 7) is 4.94. The summed E-state index contributed by atoms with van der Waals surface area (Å²) in [6, 6.07) is 12.8. The van der Waals surface area contributed by atoms with Crippen LogP contribution in [-0.4, -0.2) is 26.2 Å². The molecule has 0 saturated carbocycles. The highest BCUT2D eigenvalue weighted by atomic mass is 16.5. The van der Waals surface area contributed by atoms with Crippen LogP contribution >= 0.6 is 0 Å². The molecule has 0 aromatic heterocycles. The van der Waals surface area contributed by atoms with E-state index in [1.54, 1.807) is 13.2 Å². The summed E-state index contributed by atoms with van der Waals surface area (Å²) in [7, 11) is 1.59. The van der Waals surface area contributed by atoms with Crippen LogP contribution in [0.15, 0.2) is 42.5 Å². The van der Waals surface area contributed by atoms with Crippen molar-refractivity contribution in [3.63, 3.8) is 0 Å². The first-order valence-electron chi connectivity index (χ1n) is 7.98. The van der Waals surface area contributed by atoms with E-state index in [0.29, 0.717) is 36.1 Å². The Kier molecular flexibility index (Phi) is 6.49. The van der Waals surface area contributed by atoms with Gasteiger partial charge in [0, 0.05) is 11.8 Å². The number of hydrogen-bond acceptors (Lipinski definition) is 4. The number of methoxy groups -OCH3 is 1. The Hall–Kier alpha value is -2.69. The lowest BCUT2D eigenvalue weighted by atomic mass is 10.1. The Morgan fingerprint density at radius 3 is 2.46 bits per heavy atom. The average Bonchev–Trinajstić information content (AvgIpc) is 2.57. The molecule has 1 N–H and O–H groups in total. The van der Waals surface area contributed by atoms with Crippen LogP contribution in [0.2, 0.25) is 0 Å². The van der Waals surface area contributed by atoms with E-state index in [1.165, 1.54) is 0 Å². The molecule has 0 spiro atoms. The minimum absolute atomic E-state index is 0.102. The van der Waals surface area contributed by atoms with E-state index >= 15 is 0 Å². The number of amides is 1. The van der Waals surface area contributed by atoms with Crippen LogP contribution in [0.4, 0.5) is 5.69 Å². The van der Waals surface area contributed by atoms with E-state index in [4.69, 9.17) is 14.2 Å². The second-order valence-corrected chi connectivity index (χ2v) is 5.10. The van der Waals surface area contributed by atoms with Crippen molar-refractivity contribution in [1.82, 2.24) is 0 Å². The predicted octanol–water partition coefficient (Wildman–Crippen LogP) is 3.67. The van der Waals surface area contributed by atoms with Crippen molar-refractivity contribution in [1.29, 1.82) is 0 Å². The molecule has 2 aromatic carbocycles. The maximum Gasteiger partial charge on any atom is 0.228 e. The Morgan fingerprint density at radius 2 is 1.75 bits per heavy atom. The molecule has 2 aromatic rings. The summed E-state index contributed by atoms with van der Waals surface area (Å²) >= 11 is 0. The maximum atomic E-state index is 12.2. The Bertz CT molecular complexity index is 685. The topological polar surface area (TPSA) is 56.8 Å². The van der Waals surface area contributed by atoms with Crippen LogP contribution in [0.1, 0.15) is 19.4 Å². The van der Waals surface area contributed by atoms with E-state index in [-0.39, 0.29) is 12.3 Å². The second kappa shape index (κ2) is 8.82. The van der Waals surface area contributed by atoms with Gasteiger partial charge < -0.3 is 19.5 Å². The van der Waals surface area contributed by atoms with E-state index in [0.717, 1.165) is 5.56 Å². The maximum absolute atomic E-state index is 12.2. The van der Waals surface area contributed by atoms with Gasteiger partial charge in [0.2, 0.25) is 5.91 Å². The van der Waals surface area contributed by atoms with Crippen LogP contribution in [0.25, 0.3) is 0 Å². The predicted molar refractivity (Wildman–Crippen MR) is 94.1 cm³/mol. The van der Waals surface area contributed by atoms with Crippen LogP contribution in [-0.2, 0) is 11.2 Å². The minimum atomic E-state index is -0.102. The third-order valence-corrected chi connectivity index (χ3v) is 3.33. The molecule has 0 heterocycles. The molecule has 0 aliphatic rings. The van der Waals surface area contributed by atoms with Crippen molar-refractivity contribution in [2.75, 3.05) is 25.6 Å². The lowest BCUT2D eigenvalue weighted by Gasteiger charge is -2.12. The van der Waals surface area contributed by atoms with Gasteiger partial charge in [-0.15, -0.1) is 0 Å². The minimum Gasteiger partial charge on any atom is -0.497 e. The van der Waals surface area contributed by atoms with E-state index < -0.39 is 0 Å². The molecule has 0 bridgehead atoms. The number of benzene rings is 2. The normalized spacial score (nSPS) is 10.1. The Balaban J connectivity index is 2.06. The van der Waals surface area contributed by atoms with Gasteiger partial charge in [-0.2, -0.15) is 0 Å². The monoisotopic (exact) mass is 329 g/mol. The zero-order valence-corrected chi connectivity index (χ0v) is 14.3. The quantitative estimate of drug-likeness (QED) is 0.803. The van der Waals surface area contributed by atoms with Gasteiger partial charge in [-0.1, -0.05) is 12.1 Å². The van der Waals surface area contributed by atoms with Crippen LogP contribution < -0.4 is 19.5 Å². The molecule has 0 fully saturated rings. The summed E-state index contributed by atoms with van der Waals surface area (Å²) in [4.78, 5) is 12.2. The molecule has 0 radical (unpaired) electrons. The molecule has 0 aliphatic carbocycles. The van der Waals surface area contributed by atoms with Crippen molar-refractivity contribution in [2.24, 2.45) is 0 Å². The molecular weight excluding hydrogens is 306 g/mol. The first-order valence-corrected chi connectivity index (χ1v) is 7.98.